The lowest BCUT2D eigenvalue weighted by atomic mass is 10.0. The van der Waals surface area contributed by atoms with Crippen molar-refractivity contribution in [2.75, 3.05) is 18.5 Å². The molecule has 1 aliphatic heterocycles. The van der Waals surface area contributed by atoms with Crippen molar-refractivity contribution >= 4 is 52.2 Å². The van der Waals surface area contributed by atoms with Crippen molar-refractivity contribution in [3.63, 3.8) is 0 Å². The normalized spacial score (nSPS) is 14.0. The summed E-state index contributed by atoms with van der Waals surface area (Å²) in [6.07, 6.45) is 3.74. The van der Waals surface area contributed by atoms with Gasteiger partial charge in [0.25, 0.3) is 11.1 Å². The highest BCUT2D eigenvalue weighted by molar-refractivity contribution is 8.18. The standard InChI is InChI=1S/C30H26ClFN2O5S/c1-3-7-21-14-20(15-25(38-4-2)28(21)39-18-19-10-12-22(32)13-11-19)16-26-29(36)34(30(37)40-26)17-27(35)33-24-9-6-5-8-23(24)31/h3,5-6,8-16H,1,4,7,17-18H2,2H3,(H,33,35)/b26-16+. The summed E-state index contributed by atoms with van der Waals surface area (Å²) in [5.41, 5.74) is 2.54. The lowest BCUT2D eigenvalue weighted by Crippen LogP contribution is -2.36. The molecule has 7 nitrogen and oxygen atoms in total. The highest BCUT2D eigenvalue weighted by atomic mass is 35.5. The molecule has 4 rings (SSSR count). The summed E-state index contributed by atoms with van der Waals surface area (Å²) in [4.78, 5) is 39.3. The molecule has 3 amide bonds. The molecule has 0 aromatic heterocycles. The van der Waals surface area contributed by atoms with Crippen molar-refractivity contribution in [2.45, 2.75) is 20.0 Å². The van der Waals surface area contributed by atoms with Crippen LogP contribution in [0.4, 0.5) is 14.9 Å². The number of allylic oxidation sites excluding steroid dienone is 1. The molecule has 0 bridgehead atoms. The molecule has 3 aromatic carbocycles. The first-order chi connectivity index (χ1) is 19.3. The number of benzene rings is 3. The van der Waals surface area contributed by atoms with Crippen LogP contribution in [-0.2, 0) is 22.6 Å². The number of anilines is 1. The Morgan fingerprint density at radius 2 is 1.88 bits per heavy atom. The zero-order chi connectivity index (χ0) is 28.6. The topological polar surface area (TPSA) is 84.9 Å². The third-order valence-electron chi connectivity index (χ3n) is 5.74. The molecule has 0 aliphatic carbocycles. The Bertz CT molecular complexity index is 1480. The van der Waals surface area contributed by atoms with Crippen LogP contribution in [0.15, 0.2) is 78.2 Å². The number of halogens is 2. The minimum atomic E-state index is -0.579. The predicted octanol–water partition coefficient (Wildman–Crippen LogP) is 6.86. The molecule has 40 heavy (non-hydrogen) atoms. The summed E-state index contributed by atoms with van der Waals surface area (Å²) in [5, 5.41) is 2.40. The number of nitrogens with zero attached hydrogens (tertiary/aromatic N) is 1. The van der Waals surface area contributed by atoms with Crippen molar-refractivity contribution in [3.8, 4) is 11.5 Å². The zero-order valence-corrected chi connectivity index (χ0v) is 23.2. The van der Waals surface area contributed by atoms with Crippen molar-refractivity contribution in [3.05, 3.63) is 106 Å². The molecule has 0 radical (unpaired) electrons. The second-order valence-corrected chi connectivity index (χ2v) is 10.0. The fourth-order valence-electron chi connectivity index (χ4n) is 3.92. The Morgan fingerprint density at radius 3 is 2.58 bits per heavy atom. The lowest BCUT2D eigenvalue weighted by molar-refractivity contribution is -0.127. The van der Waals surface area contributed by atoms with Gasteiger partial charge >= 0.3 is 0 Å². The van der Waals surface area contributed by atoms with Crippen molar-refractivity contribution in [1.82, 2.24) is 4.90 Å². The minimum Gasteiger partial charge on any atom is -0.490 e. The molecular formula is C30H26ClFN2O5S. The summed E-state index contributed by atoms with van der Waals surface area (Å²) in [6.45, 7) is 5.76. The number of thioether (sulfide) groups is 1. The second-order valence-electron chi connectivity index (χ2n) is 8.64. The van der Waals surface area contributed by atoms with Crippen molar-refractivity contribution in [1.29, 1.82) is 0 Å². The van der Waals surface area contributed by atoms with Gasteiger partial charge in [0, 0.05) is 5.56 Å². The van der Waals surface area contributed by atoms with E-state index in [1.807, 2.05) is 13.0 Å². The molecule has 3 aromatic rings. The number of hydrogen-bond donors (Lipinski definition) is 1. The van der Waals surface area contributed by atoms with Crippen molar-refractivity contribution in [2.24, 2.45) is 0 Å². The molecule has 10 heteroatoms. The van der Waals surface area contributed by atoms with Gasteiger partial charge in [0.1, 0.15) is 19.0 Å². The Kier molecular flexibility index (Phi) is 9.63. The number of carbonyl (C=O) groups excluding carboxylic acids is 3. The van der Waals surface area contributed by atoms with Crippen LogP contribution in [0.5, 0.6) is 11.5 Å². The van der Waals surface area contributed by atoms with Gasteiger partial charge in [-0.1, -0.05) is 41.9 Å². The average molecular weight is 581 g/mol. The number of ether oxygens (including phenoxy) is 2. The van der Waals surface area contributed by atoms with Crippen LogP contribution in [0.25, 0.3) is 6.08 Å². The lowest BCUT2D eigenvalue weighted by Gasteiger charge is -2.17. The highest BCUT2D eigenvalue weighted by Crippen LogP contribution is 2.38. The third kappa shape index (κ3) is 7.11. The molecule has 0 spiro atoms. The molecule has 1 fully saturated rings. The SMILES string of the molecule is C=CCc1cc(/C=C2/SC(=O)N(CC(=O)Nc3ccccc3Cl)C2=O)cc(OCC)c1OCc1ccc(F)cc1. The molecule has 0 saturated carbocycles. The fraction of sp³-hybridized carbons (Fsp3) is 0.167. The number of hydrogen-bond acceptors (Lipinski definition) is 6. The van der Waals surface area contributed by atoms with E-state index in [1.165, 1.54) is 12.1 Å². The molecule has 1 aliphatic rings. The number of imide groups is 1. The van der Waals surface area contributed by atoms with Crippen LogP contribution in [0.3, 0.4) is 0 Å². The number of amides is 3. The third-order valence-corrected chi connectivity index (χ3v) is 6.97. The summed E-state index contributed by atoms with van der Waals surface area (Å²) in [5.74, 6) is -0.502. The van der Waals surface area contributed by atoms with Crippen LogP contribution in [-0.4, -0.2) is 35.1 Å². The van der Waals surface area contributed by atoms with Gasteiger partial charge in [-0.15, -0.1) is 6.58 Å². The summed E-state index contributed by atoms with van der Waals surface area (Å²) in [6, 6.07) is 16.2. The van der Waals surface area contributed by atoms with Gasteiger partial charge in [-0.25, -0.2) is 4.39 Å². The quantitative estimate of drug-likeness (QED) is 0.197. The van der Waals surface area contributed by atoms with Gasteiger partial charge in [0.15, 0.2) is 11.5 Å². The summed E-state index contributed by atoms with van der Waals surface area (Å²) < 4.78 is 25.2. The van der Waals surface area contributed by atoms with E-state index in [1.54, 1.807) is 54.6 Å². The Hall–Kier alpha value is -4.08. The first kappa shape index (κ1) is 28.9. The Morgan fingerprint density at radius 1 is 1.12 bits per heavy atom. The van der Waals surface area contributed by atoms with Gasteiger partial charge in [0.2, 0.25) is 5.91 Å². The first-order valence-corrected chi connectivity index (χ1v) is 13.6. The van der Waals surface area contributed by atoms with Crippen LogP contribution < -0.4 is 14.8 Å². The average Bonchev–Trinajstić information content (AvgIpc) is 3.18. The summed E-state index contributed by atoms with van der Waals surface area (Å²) in [7, 11) is 0. The van der Waals surface area contributed by atoms with Crippen LogP contribution in [0, 0.1) is 5.82 Å². The molecule has 1 saturated heterocycles. The van der Waals surface area contributed by atoms with Crippen LogP contribution >= 0.6 is 23.4 Å². The Labute approximate surface area is 240 Å². The van der Waals surface area contributed by atoms with Crippen LogP contribution in [0.1, 0.15) is 23.6 Å². The molecule has 206 valence electrons. The smallest absolute Gasteiger partial charge is 0.294 e. The molecule has 0 atom stereocenters. The van der Waals surface area contributed by atoms with E-state index < -0.39 is 23.6 Å². The monoisotopic (exact) mass is 580 g/mol. The maximum absolute atomic E-state index is 13.3. The van der Waals surface area contributed by atoms with Crippen molar-refractivity contribution < 1.29 is 28.2 Å². The molecular weight excluding hydrogens is 555 g/mol. The van der Waals surface area contributed by atoms with Crippen LogP contribution in [0.2, 0.25) is 5.02 Å². The van der Waals surface area contributed by atoms with E-state index in [0.29, 0.717) is 40.8 Å². The van der Waals surface area contributed by atoms with E-state index in [2.05, 4.69) is 11.9 Å². The zero-order valence-electron chi connectivity index (χ0n) is 21.6. The highest BCUT2D eigenvalue weighted by Gasteiger charge is 2.36. The van der Waals surface area contributed by atoms with E-state index in [9.17, 15) is 18.8 Å². The number of carbonyl (C=O) groups is 3. The van der Waals surface area contributed by atoms with E-state index in [4.69, 9.17) is 21.1 Å². The molecule has 0 unspecified atom stereocenters. The van der Waals surface area contributed by atoms with E-state index in [0.717, 1.165) is 27.8 Å². The van der Waals surface area contributed by atoms with Gasteiger partial charge in [-0.05, 0) is 78.7 Å². The number of para-hydroxylation sites is 1. The number of rotatable bonds is 11. The second kappa shape index (κ2) is 13.3. The maximum atomic E-state index is 13.3. The minimum absolute atomic E-state index is 0.169. The van der Waals surface area contributed by atoms with E-state index in [-0.39, 0.29) is 17.3 Å². The fourth-order valence-corrected chi connectivity index (χ4v) is 4.94. The predicted molar refractivity (Wildman–Crippen MR) is 155 cm³/mol. The van der Waals surface area contributed by atoms with Gasteiger partial charge in [0.05, 0.1) is 22.2 Å². The van der Waals surface area contributed by atoms with Gasteiger partial charge in [-0.3, -0.25) is 19.3 Å². The molecule has 1 heterocycles. The van der Waals surface area contributed by atoms with Gasteiger partial charge < -0.3 is 14.8 Å². The Balaban J connectivity index is 1.55. The number of nitrogens with one attached hydrogen (secondary N) is 1. The summed E-state index contributed by atoms with van der Waals surface area (Å²) >= 11 is 6.83. The maximum Gasteiger partial charge on any atom is 0.294 e. The van der Waals surface area contributed by atoms with Gasteiger partial charge in [-0.2, -0.15) is 0 Å². The molecule has 1 N–H and O–H groups in total. The largest absolute Gasteiger partial charge is 0.490 e. The first-order valence-electron chi connectivity index (χ1n) is 12.4. The van der Waals surface area contributed by atoms with E-state index >= 15 is 0 Å².